The zero-order chi connectivity index (χ0) is 22.2. The van der Waals surface area contributed by atoms with Crippen molar-refractivity contribution in [2.24, 2.45) is 17.6 Å². The summed E-state index contributed by atoms with van der Waals surface area (Å²) in [7, 11) is 0. The molecule has 2 saturated carbocycles. The number of pyridine rings is 1. The van der Waals surface area contributed by atoms with E-state index in [1.807, 2.05) is 24.3 Å². The van der Waals surface area contributed by atoms with Crippen molar-refractivity contribution in [2.75, 3.05) is 0 Å². The van der Waals surface area contributed by atoms with E-state index in [1.54, 1.807) is 0 Å². The lowest BCUT2D eigenvalue weighted by molar-refractivity contribution is -0.0134. The highest BCUT2D eigenvalue weighted by atomic mass is 16.3. The van der Waals surface area contributed by atoms with Crippen molar-refractivity contribution in [3.05, 3.63) is 41.1 Å². The van der Waals surface area contributed by atoms with Crippen molar-refractivity contribution in [1.29, 1.82) is 0 Å². The highest BCUT2D eigenvalue weighted by Crippen LogP contribution is 2.37. The van der Waals surface area contributed by atoms with Gasteiger partial charge in [-0.05, 0) is 55.2 Å². The van der Waals surface area contributed by atoms with Crippen LogP contribution in [0.5, 0.6) is 0 Å². The lowest BCUT2D eigenvalue weighted by Crippen LogP contribution is -2.37. The van der Waals surface area contributed by atoms with Gasteiger partial charge < -0.3 is 15.9 Å². The van der Waals surface area contributed by atoms with Crippen LogP contribution in [0.4, 0.5) is 0 Å². The van der Waals surface area contributed by atoms with E-state index in [0.717, 1.165) is 61.6 Å². The van der Waals surface area contributed by atoms with E-state index in [2.05, 4.69) is 13.8 Å². The summed E-state index contributed by atoms with van der Waals surface area (Å²) in [4.78, 5) is 17.2. The number of carbonyl (C=O) groups is 1. The third kappa shape index (κ3) is 4.93. The minimum absolute atomic E-state index is 0.435. The average molecular weight is 425 g/mol. The van der Waals surface area contributed by atoms with Gasteiger partial charge in [0.2, 0.25) is 5.91 Å². The van der Waals surface area contributed by atoms with Crippen LogP contribution in [0.1, 0.15) is 86.8 Å². The molecule has 1 aromatic heterocycles. The summed E-state index contributed by atoms with van der Waals surface area (Å²) in [6.07, 6.45) is 8.42. The van der Waals surface area contributed by atoms with E-state index in [-0.39, 0.29) is 0 Å². The number of aliphatic hydroxyl groups is 2. The first-order valence-electron chi connectivity index (χ1n) is 11.8. The lowest BCUT2D eigenvalue weighted by atomic mass is 9.75. The van der Waals surface area contributed by atoms with Gasteiger partial charge in [0.15, 0.2) is 0 Å². The number of fused-ring (bicyclic) bond motifs is 1. The minimum atomic E-state index is -0.788. The summed E-state index contributed by atoms with van der Waals surface area (Å²) in [5, 5.41) is 22.9. The molecule has 0 saturated heterocycles. The van der Waals surface area contributed by atoms with Crippen LogP contribution >= 0.6 is 0 Å². The van der Waals surface area contributed by atoms with E-state index >= 15 is 0 Å². The number of hydrogen-bond acceptors (Lipinski definition) is 4. The van der Waals surface area contributed by atoms with Gasteiger partial charge in [-0.1, -0.05) is 51.7 Å². The van der Waals surface area contributed by atoms with Crippen molar-refractivity contribution in [3.8, 4) is 0 Å². The Morgan fingerprint density at radius 3 is 2.19 bits per heavy atom. The molecular formula is C26H36N2O3. The quantitative estimate of drug-likeness (QED) is 0.667. The Bertz CT molecular complexity index is 975. The zero-order valence-electron chi connectivity index (χ0n) is 18.9. The highest BCUT2D eigenvalue weighted by Gasteiger charge is 2.35. The van der Waals surface area contributed by atoms with Gasteiger partial charge in [0.1, 0.15) is 0 Å². The van der Waals surface area contributed by atoms with Crippen molar-refractivity contribution in [2.45, 2.75) is 89.3 Å². The summed E-state index contributed by atoms with van der Waals surface area (Å²) in [5.41, 5.74) is 7.12. The molecule has 0 spiro atoms. The Balaban J connectivity index is 1.64. The first-order chi connectivity index (χ1) is 14.7. The average Bonchev–Trinajstić information content (AvgIpc) is 2.66. The smallest absolute Gasteiger partial charge is 0.249 e. The molecule has 1 aromatic carbocycles. The summed E-state index contributed by atoms with van der Waals surface area (Å²) in [6, 6.07) is 7.63. The molecule has 168 valence electrons. The van der Waals surface area contributed by atoms with Crippen molar-refractivity contribution in [3.63, 3.8) is 0 Å². The van der Waals surface area contributed by atoms with E-state index in [0.29, 0.717) is 35.8 Å². The van der Waals surface area contributed by atoms with Crippen LogP contribution in [-0.4, -0.2) is 32.3 Å². The molecule has 31 heavy (non-hydrogen) atoms. The van der Waals surface area contributed by atoms with Crippen LogP contribution in [0.25, 0.3) is 10.9 Å². The number of nitrogens with two attached hydrogens (primary N) is 1. The number of aromatic nitrogens is 1. The van der Waals surface area contributed by atoms with Gasteiger partial charge in [0.25, 0.3) is 0 Å². The third-order valence-corrected chi connectivity index (χ3v) is 7.43. The fraction of sp³-hybridized carbons (Fsp3) is 0.615. The largest absolute Gasteiger partial charge is 0.390 e. The van der Waals surface area contributed by atoms with Crippen LogP contribution in [-0.2, 0) is 12.8 Å². The standard InChI is InChI=1S/C26H36N2O3/c1-17-5-3-11-25(30,13-17)15-19-7-10-22-21(23(19)24(27)29)9-8-20(28-22)16-26(31)12-4-6-18(2)14-26/h7-10,17-18,30-31H,3-6,11-16H2,1-2H3,(H2,27,29). The molecule has 5 nitrogen and oxygen atoms in total. The fourth-order valence-corrected chi connectivity index (χ4v) is 6.11. The molecule has 4 atom stereocenters. The second-order valence-electron chi connectivity index (χ2n) is 10.5. The predicted octanol–water partition coefficient (Wildman–Crippen LogP) is 4.30. The van der Waals surface area contributed by atoms with E-state index in [1.165, 1.54) is 6.42 Å². The summed E-state index contributed by atoms with van der Waals surface area (Å²) < 4.78 is 0. The molecule has 2 aliphatic carbocycles. The van der Waals surface area contributed by atoms with E-state index < -0.39 is 17.1 Å². The lowest BCUT2D eigenvalue weighted by Gasteiger charge is -2.36. The van der Waals surface area contributed by atoms with Gasteiger partial charge in [0.05, 0.1) is 22.3 Å². The van der Waals surface area contributed by atoms with Crippen LogP contribution in [0.15, 0.2) is 24.3 Å². The van der Waals surface area contributed by atoms with Crippen LogP contribution in [0.2, 0.25) is 0 Å². The zero-order valence-corrected chi connectivity index (χ0v) is 18.9. The van der Waals surface area contributed by atoms with E-state index in [4.69, 9.17) is 10.7 Å². The number of carbonyl (C=O) groups excluding carboxylic acids is 1. The Morgan fingerprint density at radius 2 is 1.61 bits per heavy atom. The number of nitrogens with zero attached hydrogens (tertiary/aromatic N) is 1. The molecule has 2 aliphatic rings. The summed E-state index contributed by atoms with van der Waals surface area (Å²) >= 11 is 0. The third-order valence-electron chi connectivity index (χ3n) is 7.43. The number of amides is 1. The molecule has 4 rings (SSSR count). The van der Waals surface area contributed by atoms with Crippen molar-refractivity contribution < 1.29 is 15.0 Å². The molecule has 1 amide bonds. The van der Waals surface area contributed by atoms with Gasteiger partial charge >= 0.3 is 0 Å². The molecule has 5 heteroatoms. The van der Waals surface area contributed by atoms with Crippen LogP contribution in [0, 0.1) is 11.8 Å². The van der Waals surface area contributed by atoms with Crippen LogP contribution in [0.3, 0.4) is 0 Å². The molecule has 2 aromatic rings. The number of rotatable bonds is 5. The maximum Gasteiger partial charge on any atom is 0.249 e. The maximum atomic E-state index is 12.4. The van der Waals surface area contributed by atoms with Gasteiger partial charge in [-0.2, -0.15) is 0 Å². The van der Waals surface area contributed by atoms with Gasteiger partial charge in [-0.3, -0.25) is 9.78 Å². The normalized spacial score (nSPS) is 31.6. The molecule has 0 bridgehead atoms. The molecule has 4 N–H and O–H groups in total. The molecule has 2 fully saturated rings. The maximum absolute atomic E-state index is 12.4. The molecule has 0 aliphatic heterocycles. The minimum Gasteiger partial charge on any atom is -0.390 e. The van der Waals surface area contributed by atoms with Crippen LogP contribution < -0.4 is 5.73 Å². The first-order valence-corrected chi connectivity index (χ1v) is 11.8. The van der Waals surface area contributed by atoms with E-state index in [9.17, 15) is 15.0 Å². The summed E-state index contributed by atoms with van der Waals surface area (Å²) in [5.74, 6) is 0.521. The first kappa shape index (κ1) is 22.2. The van der Waals surface area contributed by atoms with Crippen molar-refractivity contribution in [1.82, 2.24) is 4.98 Å². The molecule has 0 radical (unpaired) electrons. The molecule has 1 heterocycles. The van der Waals surface area contributed by atoms with Crippen molar-refractivity contribution >= 4 is 16.8 Å². The number of hydrogen-bond donors (Lipinski definition) is 3. The van der Waals surface area contributed by atoms with Gasteiger partial charge in [-0.25, -0.2) is 0 Å². The Kier molecular flexibility index (Phi) is 6.10. The molecular weight excluding hydrogens is 388 g/mol. The predicted molar refractivity (Wildman–Crippen MR) is 123 cm³/mol. The second kappa shape index (κ2) is 8.51. The van der Waals surface area contributed by atoms with Gasteiger partial charge in [0, 0.05) is 23.9 Å². The van der Waals surface area contributed by atoms with Gasteiger partial charge in [-0.15, -0.1) is 0 Å². The molecule has 4 unspecified atom stereocenters. The summed E-state index contributed by atoms with van der Waals surface area (Å²) in [6.45, 7) is 4.37. The monoisotopic (exact) mass is 424 g/mol. The SMILES string of the molecule is CC1CCCC(O)(Cc2ccc3c(C(N)=O)c(CC4(O)CCCC(C)C4)ccc3n2)C1. The second-order valence-corrected chi connectivity index (χ2v) is 10.5. The number of primary amides is 1. The topological polar surface area (TPSA) is 96.4 Å². The number of benzene rings is 1. The Labute approximate surface area is 185 Å². The highest BCUT2D eigenvalue weighted by molar-refractivity contribution is 6.06. The Morgan fingerprint density at radius 1 is 1.00 bits per heavy atom. The Hall–Kier alpha value is -1.98. The fourth-order valence-electron chi connectivity index (χ4n) is 6.11.